The van der Waals surface area contributed by atoms with Crippen molar-refractivity contribution in [3.63, 3.8) is 0 Å². The van der Waals surface area contributed by atoms with Gasteiger partial charge in [0.1, 0.15) is 11.4 Å². The average molecular weight is 369 g/mol. The van der Waals surface area contributed by atoms with Crippen LogP contribution in [0.1, 0.15) is 53.1 Å². The van der Waals surface area contributed by atoms with Gasteiger partial charge >= 0.3 is 0 Å². The van der Waals surface area contributed by atoms with Crippen molar-refractivity contribution in [2.24, 2.45) is 0 Å². The van der Waals surface area contributed by atoms with Crippen LogP contribution < -0.4 is 10.1 Å². The van der Waals surface area contributed by atoms with Gasteiger partial charge in [-0.05, 0) is 31.0 Å². The molecule has 1 N–H and O–H groups in total. The van der Waals surface area contributed by atoms with Crippen LogP contribution in [0, 0.1) is 0 Å². The number of nitrogens with one attached hydrogen (secondary N) is 1. The summed E-state index contributed by atoms with van der Waals surface area (Å²) in [6.45, 7) is 5.80. The number of pyridine rings is 1. The highest BCUT2D eigenvalue weighted by Crippen LogP contribution is 2.17. The van der Waals surface area contributed by atoms with Crippen LogP contribution in [0.4, 0.5) is 0 Å². The molecule has 2 amide bonds. The fraction of sp³-hybridized carbons (Fsp3) is 0.381. The summed E-state index contributed by atoms with van der Waals surface area (Å²) < 4.78 is 5.29. The number of ether oxygens (including phenoxy) is 1. The van der Waals surface area contributed by atoms with Crippen LogP contribution in [0.25, 0.3) is 0 Å². The zero-order valence-electron chi connectivity index (χ0n) is 16.2. The number of rotatable bonds is 9. The van der Waals surface area contributed by atoms with E-state index in [1.54, 1.807) is 19.2 Å². The standard InChI is InChI=1S/C21H27N3O3/c1-4-12-24(13-5-2)21(26)16-10-11-22-18(14-16)20(25)23-15-17-8-6-7-9-19(17)27-3/h6-11,14H,4-5,12-13,15H2,1-3H3,(H,23,25). The Balaban J connectivity index is 2.09. The van der Waals surface area contributed by atoms with Crippen molar-refractivity contribution in [3.05, 3.63) is 59.4 Å². The Kier molecular flexibility index (Phi) is 7.79. The van der Waals surface area contributed by atoms with E-state index < -0.39 is 0 Å². The Morgan fingerprint density at radius 1 is 1.11 bits per heavy atom. The average Bonchev–Trinajstić information content (AvgIpc) is 2.71. The molecule has 1 aromatic carbocycles. The van der Waals surface area contributed by atoms with Crippen LogP contribution in [-0.4, -0.2) is 41.9 Å². The number of methoxy groups -OCH3 is 1. The highest BCUT2D eigenvalue weighted by atomic mass is 16.5. The Bertz CT molecular complexity index is 771. The number of aromatic nitrogens is 1. The van der Waals surface area contributed by atoms with E-state index in [-0.39, 0.29) is 17.5 Å². The molecule has 0 saturated heterocycles. The molecule has 0 fully saturated rings. The number of para-hydroxylation sites is 1. The minimum atomic E-state index is -0.326. The van der Waals surface area contributed by atoms with Gasteiger partial charge in [-0.15, -0.1) is 0 Å². The number of carbonyl (C=O) groups is 2. The lowest BCUT2D eigenvalue weighted by molar-refractivity contribution is 0.0755. The molecule has 6 nitrogen and oxygen atoms in total. The molecule has 2 aromatic rings. The maximum atomic E-state index is 12.7. The molecule has 0 aliphatic heterocycles. The number of benzene rings is 1. The van der Waals surface area contributed by atoms with Crippen LogP contribution in [0.15, 0.2) is 42.6 Å². The topological polar surface area (TPSA) is 71.5 Å². The van der Waals surface area contributed by atoms with Crippen molar-refractivity contribution in [1.29, 1.82) is 0 Å². The van der Waals surface area contributed by atoms with Crippen molar-refractivity contribution in [3.8, 4) is 5.75 Å². The van der Waals surface area contributed by atoms with Crippen molar-refractivity contribution < 1.29 is 14.3 Å². The molecule has 144 valence electrons. The maximum absolute atomic E-state index is 12.7. The zero-order valence-corrected chi connectivity index (χ0v) is 16.2. The van der Waals surface area contributed by atoms with Gasteiger partial charge in [0.2, 0.25) is 0 Å². The Morgan fingerprint density at radius 2 is 1.81 bits per heavy atom. The van der Waals surface area contributed by atoms with Crippen LogP contribution >= 0.6 is 0 Å². The van der Waals surface area contributed by atoms with Gasteiger partial charge in [0.15, 0.2) is 0 Å². The van der Waals surface area contributed by atoms with Gasteiger partial charge in [-0.3, -0.25) is 14.6 Å². The number of amides is 2. The summed E-state index contributed by atoms with van der Waals surface area (Å²) in [6, 6.07) is 10.7. The van der Waals surface area contributed by atoms with Crippen molar-refractivity contribution in [2.75, 3.05) is 20.2 Å². The molecule has 0 bridgehead atoms. The van der Waals surface area contributed by atoms with E-state index in [2.05, 4.69) is 10.3 Å². The summed E-state index contributed by atoms with van der Waals surface area (Å²) in [5.41, 5.74) is 1.58. The first-order valence-electron chi connectivity index (χ1n) is 9.26. The first-order valence-corrected chi connectivity index (χ1v) is 9.26. The smallest absolute Gasteiger partial charge is 0.270 e. The predicted octanol–water partition coefficient (Wildman–Crippen LogP) is 3.28. The summed E-state index contributed by atoms with van der Waals surface area (Å²) >= 11 is 0. The molecule has 0 spiro atoms. The summed E-state index contributed by atoms with van der Waals surface area (Å²) in [6.07, 6.45) is 3.29. The monoisotopic (exact) mass is 369 g/mol. The molecule has 1 aromatic heterocycles. The van der Waals surface area contributed by atoms with Gasteiger partial charge in [0, 0.05) is 37.0 Å². The molecule has 0 radical (unpaired) electrons. The highest BCUT2D eigenvalue weighted by Gasteiger charge is 2.17. The van der Waals surface area contributed by atoms with E-state index in [1.807, 2.05) is 43.0 Å². The Labute approximate surface area is 160 Å². The molecular formula is C21H27N3O3. The quantitative estimate of drug-likeness (QED) is 0.736. The predicted molar refractivity (Wildman–Crippen MR) is 105 cm³/mol. The molecule has 6 heteroatoms. The zero-order chi connectivity index (χ0) is 19.6. The van der Waals surface area contributed by atoms with Gasteiger partial charge in [0.25, 0.3) is 11.8 Å². The van der Waals surface area contributed by atoms with Crippen LogP contribution in [-0.2, 0) is 6.54 Å². The maximum Gasteiger partial charge on any atom is 0.270 e. The molecule has 0 saturated carbocycles. The van der Waals surface area contributed by atoms with E-state index in [0.29, 0.717) is 30.9 Å². The van der Waals surface area contributed by atoms with Crippen LogP contribution in [0.5, 0.6) is 5.75 Å². The number of hydrogen-bond acceptors (Lipinski definition) is 4. The van der Waals surface area contributed by atoms with Crippen LogP contribution in [0.3, 0.4) is 0 Å². The molecule has 2 rings (SSSR count). The summed E-state index contributed by atoms with van der Waals surface area (Å²) in [5.74, 6) is 0.317. The minimum absolute atomic E-state index is 0.0696. The third kappa shape index (κ3) is 5.54. The molecular weight excluding hydrogens is 342 g/mol. The largest absolute Gasteiger partial charge is 0.496 e. The third-order valence-corrected chi connectivity index (χ3v) is 4.15. The fourth-order valence-corrected chi connectivity index (χ4v) is 2.84. The van der Waals surface area contributed by atoms with E-state index in [0.717, 1.165) is 18.4 Å². The lowest BCUT2D eigenvalue weighted by atomic mass is 10.1. The van der Waals surface area contributed by atoms with Gasteiger partial charge in [-0.1, -0.05) is 32.0 Å². The first-order chi connectivity index (χ1) is 13.1. The van der Waals surface area contributed by atoms with Gasteiger partial charge in [-0.2, -0.15) is 0 Å². The van der Waals surface area contributed by atoms with Gasteiger partial charge < -0.3 is 15.0 Å². The van der Waals surface area contributed by atoms with Crippen molar-refractivity contribution >= 4 is 11.8 Å². The second-order valence-electron chi connectivity index (χ2n) is 6.22. The second-order valence-corrected chi connectivity index (χ2v) is 6.22. The third-order valence-electron chi connectivity index (χ3n) is 4.15. The molecule has 0 atom stereocenters. The summed E-state index contributed by atoms with van der Waals surface area (Å²) in [7, 11) is 1.59. The summed E-state index contributed by atoms with van der Waals surface area (Å²) in [4.78, 5) is 31.1. The normalized spacial score (nSPS) is 10.3. The van der Waals surface area contributed by atoms with Crippen molar-refractivity contribution in [2.45, 2.75) is 33.2 Å². The summed E-state index contributed by atoms with van der Waals surface area (Å²) in [5, 5.41) is 2.83. The Morgan fingerprint density at radius 3 is 2.48 bits per heavy atom. The molecule has 0 aliphatic rings. The highest BCUT2D eigenvalue weighted by molar-refractivity contribution is 5.98. The van der Waals surface area contributed by atoms with Crippen LogP contribution in [0.2, 0.25) is 0 Å². The van der Waals surface area contributed by atoms with E-state index in [9.17, 15) is 9.59 Å². The van der Waals surface area contributed by atoms with E-state index >= 15 is 0 Å². The van der Waals surface area contributed by atoms with Gasteiger partial charge in [-0.25, -0.2) is 0 Å². The number of hydrogen-bond donors (Lipinski definition) is 1. The second kappa shape index (κ2) is 10.3. The number of carbonyl (C=O) groups excluding carboxylic acids is 2. The molecule has 0 unspecified atom stereocenters. The minimum Gasteiger partial charge on any atom is -0.496 e. The molecule has 0 aliphatic carbocycles. The molecule has 27 heavy (non-hydrogen) atoms. The van der Waals surface area contributed by atoms with E-state index in [4.69, 9.17) is 4.74 Å². The van der Waals surface area contributed by atoms with Crippen molar-refractivity contribution in [1.82, 2.24) is 15.2 Å². The SMILES string of the molecule is CCCN(CCC)C(=O)c1ccnc(C(=O)NCc2ccccc2OC)c1. The van der Waals surface area contributed by atoms with E-state index in [1.165, 1.54) is 6.20 Å². The lowest BCUT2D eigenvalue weighted by Gasteiger charge is -2.21. The van der Waals surface area contributed by atoms with Gasteiger partial charge in [0.05, 0.1) is 7.11 Å². The molecule has 1 heterocycles. The first kappa shape index (κ1) is 20.4. The fourth-order valence-electron chi connectivity index (χ4n) is 2.84. The Hall–Kier alpha value is -2.89. The number of nitrogens with zero attached hydrogens (tertiary/aromatic N) is 2. The lowest BCUT2D eigenvalue weighted by Crippen LogP contribution is -2.33.